The molecular formula is C19H27NO2. The first-order valence-corrected chi connectivity index (χ1v) is 8.58. The van der Waals surface area contributed by atoms with Crippen molar-refractivity contribution in [3.63, 3.8) is 0 Å². The Morgan fingerprint density at radius 3 is 2.77 bits per heavy atom. The second kappa shape index (κ2) is 6.82. The average Bonchev–Trinajstić information content (AvgIpc) is 2.56. The van der Waals surface area contributed by atoms with E-state index >= 15 is 0 Å². The van der Waals surface area contributed by atoms with Crippen molar-refractivity contribution in [2.24, 2.45) is 11.3 Å². The van der Waals surface area contributed by atoms with Gasteiger partial charge in [0.1, 0.15) is 0 Å². The molecule has 3 rings (SSSR count). The van der Waals surface area contributed by atoms with Crippen molar-refractivity contribution in [2.45, 2.75) is 45.1 Å². The van der Waals surface area contributed by atoms with Gasteiger partial charge >= 0.3 is 5.97 Å². The van der Waals surface area contributed by atoms with Crippen molar-refractivity contribution in [3.8, 4) is 0 Å². The molecule has 120 valence electrons. The number of benzene rings is 1. The monoisotopic (exact) mass is 301 g/mol. The molecule has 3 heteroatoms. The van der Waals surface area contributed by atoms with Crippen LogP contribution in [0.3, 0.4) is 0 Å². The smallest absolute Gasteiger partial charge is 0.309 e. The van der Waals surface area contributed by atoms with Gasteiger partial charge in [-0.1, -0.05) is 43.2 Å². The summed E-state index contributed by atoms with van der Waals surface area (Å²) in [5.41, 5.74) is 1.52. The molecule has 1 aliphatic carbocycles. The van der Waals surface area contributed by atoms with E-state index in [0.717, 1.165) is 26.1 Å². The number of methoxy groups -OCH3 is 1. The van der Waals surface area contributed by atoms with Gasteiger partial charge in [-0.05, 0) is 43.2 Å². The molecular weight excluding hydrogens is 274 g/mol. The van der Waals surface area contributed by atoms with Gasteiger partial charge in [-0.25, -0.2) is 0 Å². The van der Waals surface area contributed by atoms with Crippen LogP contribution in [0.15, 0.2) is 30.3 Å². The lowest BCUT2D eigenvalue weighted by Crippen LogP contribution is -2.50. The topological polar surface area (TPSA) is 29.5 Å². The normalized spacial score (nSPS) is 29.4. The quantitative estimate of drug-likeness (QED) is 0.798. The van der Waals surface area contributed by atoms with Gasteiger partial charge in [0.05, 0.1) is 13.0 Å². The second-order valence-corrected chi connectivity index (χ2v) is 6.98. The van der Waals surface area contributed by atoms with Gasteiger partial charge in [0.25, 0.3) is 0 Å². The molecule has 0 aromatic heterocycles. The van der Waals surface area contributed by atoms with Crippen LogP contribution in [0.2, 0.25) is 0 Å². The van der Waals surface area contributed by atoms with Crippen molar-refractivity contribution >= 4 is 5.97 Å². The van der Waals surface area contributed by atoms with Crippen molar-refractivity contribution < 1.29 is 9.53 Å². The molecule has 2 aliphatic rings. The highest BCUT2D eigenvalue weighted by molar-refractivity contribution is 5.73. The number of nitrogens with zero attached hydrogens (tertiary/aromatic N) is 1. The Kier molecular flexibility index (Phi) is 4.82. The molecule has 1 saturated heterocycles. The van der Waals surface area contributed by atoms with Crippen molar-refractivity contribution in [2.75, 3.05) is 20.2 Å². The summed E-state index contributed by atoms with van der Waals surface area (Å²) in [5.74, 6) is 0.117. The molecule has 1 aromatic rings. The lowest BCUT2D eigenvalue weighted by atomic mass is 9.62. The van der Waals surface area contributed by atoms with Crippen molar-refractivity contribution in [1.29, 1.82) is 0 Å². The van der Waals surface area contributed by atoms with Crippen LogP contribution in [0, 0.1) is 11.3 Å². The third kappa shape index (κ3) is 3.19. The van der Waals surface area contributed by atoms with E-state index in [0.29, 0.717) is 0 Å². The van der Waals surface area contributed by atoms with Crippen LogP contribution in [0.4, 0.5) is 0 Å². The van der Waals surface area contributed by atoms with Crippen LogP contribution in [-0.4, -0.2) is 31.1 Å². The zero-order valence-corrected chi connectivity index (χ0v) is 13.6. The van der Waals surface area contributed by atoms with Crippen LogP contribution in [0.5, 0.6) is 0 Å². The number of rotatable bonds is 3. The Balaban J connectivity index is 1.73. The minimum absolute atomic E-state index is 0.0151. The Morgan fingerprint density at radius 2 is 2.00 bits per heavy atom. The molecule has 2 fully saturated rings. The Bertz CT molecular complexity index is 497. The number of piperidine rings is 1. The minimum atomic E-state index is 0.0151. The van der Waals surface area contributed by atoms with Gasteiger partial charge < -0.3 is 4.74 Å². The summed E-state index contributed by atoms with van der Waals surface area (Å²) in [6.45, 7) is 3.18. The number of carbonyl (C=O) groups is 1. The molecule has 1 aromatic carbocycles. The highest BCUT2D eigenvalue weighted by Crippen LogP contribution is 2.48. The molecule has 1 spiro atoms. The Hall–Kier alpha value is -1.35. The van der Waals surface area contributed by atoms with Gasteiger partial charge in [0.2, 0.25) is 0 Å². The first-order chi connectivity index (χ1) is 10.7. The summed E-state index contributed by atoms with van der Waals surface area (Å²) in [6, 6.07) is 10.7. The SMILES string of the molecule is COC(=O)[C@H]1CCCC[C@]12CCCN(Cc1ccccc1)C2. The Morgan fingerprint density at radius 1 is 1.23 bits per heavy atom. The predicted molar refractivity (Wildman–Crippen MR) is 87.4 cm³/mol. The van der Waals surface area contributed by atoms with Gasteiger partial charge in [-0.15, -0.1) is 0 Å². The maximum absolute atomic E-state index is 12.3. The van der Waals surface area contributed by atoms with Crippen molar-refractivity contribution in [3.05, 3.63) is 35.9 Å². The number of hydrogen-bond donors (Lipinski definition) is 0. The van der Waals surface area contributed by atoms with Gasteiger partial charge in [-0.2, -0.15) is 0 Å². The van der Waals surface area contributed by atoms with Crippen LogP contribution in [0.1, 0.15) is 44.1 Å². The molecule has 0 unspecified atom stereocenters. The number of ether oxygens (including phenoxy) is 1. The molecule has 1 saturated carbocycles. The lowest BCUT2D eigenvalue weighted by molar-refractivity contribution is -0.155. The molecule has 3 nitrogen and oxygen atoms in total. The molecule has 1 aliphatic heterocycles. The molecule has 0 amide bonds. The highest BCUT2D eigenvalue weighted by Gasteiger charge is 2.47. The summed E-state index contributed by atoms with van der Waals surface area (Å²) < 4.78 is 5.11. The van der Waals surface area contributed by atoms with E-state index < -0.39 is 0 Å². The summed E-state index contributed by atoms with van der Waals surface area (Å²) in [7, 11) is 1.54. The number of hydrogen-bond acceptors (Lipinski definition) is 3. The summed E-state index contributed by atoms with van der Waals surface area (Å²) in [6.07, 6.45) is 6.98. The standard InChI is InChI=1S/C19H27NO2/c1-22-18(21)17-10-5-6-11-19(17)12-7-13-20(15-19)14-16-8-3-2-4-9-16/h2-4,8-9,17H,5-7,10-15H2,1H3/t17-,19-/m1/s1. The zero-order valence-electron chi connectivity index (χ0n) is 13.6. The average molecular weight is 301 g/mol. The zero-order chi connectivity index (χ0) is 15.4. The summed E-state index contributed by atoms with van der Waals surface area (Å²) in [5, 5.41) is 0. The number of likely N-dealkylation sites (tertiary alicyclic amines) is 1. The fraction of sp³-hybridized carbons (Fsp3) is 0.632. The minimum Gasteiger partial charge on any atom is -0.469 e. The molecule has 1 heterocycles. The Labute approximate surface area is 133 Å². The molecule has 22 heavy (non-hydrogen) atoms. The maximum atomic E-state index is 12.3. The second-order valence-electron chi connectivity index (χ2n) is 6.98. The van der Waals surface area contributed by atoms with Gasteiger partial charge in [-0.3, -0.25) is 9.69 Å². The summed E-state index contributed by atoms with van der Waals surface area (Å²) in [4.78, 5) is 14.8. The maximum Gasteiger partial charge on any atom is 0.309 e. The van der Waals surface area contributed by atoms with Gasteiger partial charge in [0, 0.05) is 13.1 Å². The number of esters is 1. The first-order valence-electron chi connectivity index (χ1n) is 8.58. The lowest BCUT2D eigenvalue weighted by Gasteiger charge is -2.49. The van der Waals surface area contributed by atoms with E-state index in [2.05, 4.69) is 35.2 Å². The third-order valence-corrected chi connectivity index (χ3v) is 5.58. The summed E-state index contributed by atoms with van der Waals surface area (Å²) >= 11 is 0. The third-order valence-electron chi connectivity index (χ3n) is 5.58. The van der Waals surface area contributed by atoms with E-state index in [1.165, 1.54) is 44.8 Å². The first kappa shape index (κ1) is 15.5. The van der Waals surface area contributed by atoms with Gasteiger partial charge in [0.15, 0.2) is 0 Å². The van der Waals surface area contributed by atoms with E-state index in [9.17, 15) is 4.79 Å². The van der Waals surface area contributed by atoms with E-state index in [1.54, 1.807) is 0 Å². The van der Waals surface area contributed by atoms with Crippen molar-refractivity contribution in [1.82, 2.24) is 4.90 Å². The molecule has 0 radical (unpaired) electrons. The van der Waals surface area contributed by atoms with E-state index in [1.807, 2.05) is 0 Å². The van der Waals surface area contributed by atoms with Crippen LogP contribution in [-0.2, 0) is 16.1 Å². The fourth-order valence-electron chi connectivity index (χ4n) is 4.54. The molecule has 0 bridgehead atoms. The van der Waals surface area contributed by atoms with E-state index in [4.69, 9.17) is 4.74 Å². The molecule has 0 N–H and O–H groups in total. The largest absolute Gasteiger partial charge is 0.469 e. The van der Waals surface area contributed by atoms with Crippen LogP contribution < -0.4 is 0 Å². The van der Waals surface area contributed by atoms with Crippen LogP contribution in [0.25, 0.3) is 0 Å². The fourth-order valence-corrected chi connectivity index (χ4v) is 4.54. The van der Waals surface area contributed by atoms with Crippen LogP contribution >= 0.6 is 0 Å². The van der Waals surface area contributed by atoms with E-state index in [-0.39, 0.29) is 17.3 Å². The molecule has 2 atom stereocenters. The highest BCUT2D eigenvalue weighted by atomic mass is 16.5. The number of carbonyl (C=O) groups excluding carboxylic acids is 1. The predicted octanol–water partition coefficient (Wildman–Crippen LogP) is 3.63.